The molecule has 0 saturated heterocycles. The van der Waals surface area contributed by atoms with Crippen molar-refractivity contribution >= 4 is 56.7 Å². The van der Waals surface area contributed by atoms with Crippen LogP contribution in [0.2, 0.25) is 0 Å². The average molecular weight is 669 g/mol. The molecule has 0 fully saturated rings. The zero-order chi connectivity index (χ0) is 32.4. The molecule has 0 N–H and O–H groups in total. The summed E-state index contributed by atoms with van der Waals surface area (Å²) < 4.78 is 50.0. The van der Waals surface area contributed by atoms with Gasteiger partial charge in [-0.15, -0.1) is 10.2 Å². The van der Waals surface area contributed by atoms with E-state index in [1.807, 2.05) is 0 Å². The van der Waals surface area contributed by atoms with E-state index in [4.69, 9.17) is 4.42 Å². The van der Waals surface area contributed by atoms with E-state index in [1.165, 1.54) is 47.0 Å². The lowest BCUT2D eigenvalue weighted by atomic mass is 9.84. The minimum absolute atomic E-state index is 0.0250. The van der Waals surface area contributed by atoms with E-state index in [-0.39, 0.29) is 50.9 Å². The van der Waals surface area contributed by atoms with E-state index >= 15 is 0 Å². The van der Waals surface area contributed by atoms with E-state index in [1.54, 1.807) is 48.5 Å². The quantitative estimate of drug-likeness (QED) is 0.142. The van der Waals surface area contributed by atoms with E-state index in [9.17, 15) is 27.6 Å². The number of carbonyl (C=O) groups excluding carboxylic acids is 2. The van der Waals surface area contributed by atoms with Crippen molar-refractivity contribution in [2.75, 3.05) is 9.80 Å². The number of anilines is 2. The number of fused-ring (bicyclic) bond motifs is 5. The molecule has 4 aromatic carbocycles. The molecule has 8 nitrogen and oxygen atoms in total. The summed E-state index contributed by atoms with van der Waals surface area (Å²) >= 11 is 2.16. The highest BCUT2D eigenvalue weighted by Gasteiger charge is 2.66. The molecule has 232 valence electrons. The molecular formula is C34H19F3N4O4S2. The van der Waals surface area contributed by atoms with Crippen LogP contribution < -0.4 is 15.2 Å². The first-order valence-electron chi connectivity index (χ1n) is 14.2. The van der Waals surface area contributed by atoms with Crippen LogP contribution in [-0.4, -0.2) is 22.0 Å². The molecule has 1 unspecified atom stereocenters. The van der Waals surface area contributed by atoms with E-state index in [2.05, 4.69) is 10.2 Å². The van der Waals surface area contributed by atoms with Crippen LogP contribution in [-0.2, 0) is 22.6 Å². The Hall–Kier alpha value is -5.27. The largest absolute Gasteiger partial charge is 0.450 e. The zero-order valence-corrected chi connectivity index (χ0v) is 25.6. The minimum atomic E-state index is -2.14. The Morgan fingerprint density at radius 3 is 2.30 bits per heavy atom. The number of carbonyl (C=O) groups is 2. The Kier molecular flexibility index (Phi) is 6.77. The molecule has 1 spiro atoms. The molecule has 2 aromatic heterocycles. The highest BCUT2D eigenvalue weighted by atomic mass is 32.2. The second kappa shape index (κ2) is 10.9. The molecule has 2 aliphatic heterocycles. The van der Waals surface area contributed by atoms with Gasteiger partial charge in [-0.05, 0) is 42.0 Å². The highest BCUT2D eigenvalue weighted by Crippen LogP contribution is 2.55. The first-order valence-corrected chi connectivity index (χ1v) is 16.0. The van der Waals surface area contributed by atoms with Gasteiger partial charge in [0.15, 0.2) is 15.3 Å². The lowest BCUT2D eigenvalue weighted by Crippen LogP contribution is -2.53. The zero-order valence-electron chi connectivity index (χ0n) is 23.9. The smallest absolute Gasteiger partial charge is 0.297 e. The topological polar surface area (TPSA) is 96.6 Å². The number of thioether (sulfide) groups is 1. The van der Waals surface area contributed by atoms with Gasteiger partial charge in [0.2, 0.25) is 10.9 Å². The summed E-state index contributed by atoms with van der Waals surface area (Å²) in [4.78, 5) is 46.1. The van der Waals surface area contributed by atoms with Gasteiger partial charge < -0.3 is 9.32 Å². The van der Waals surface area contributed by atoms with Gasteiger partial charge in [-0.2, -0.15) is 0 Å². The number of benzene rings is 4. The number of hydrogen-bond acceptors (Lipinski definition) is 8. The standard InChI is InChI=1S/C34H19F3N4O4S2/c35-20-13-14-26-21(15-20)28(42)27-29(45-26)30(43)41(32-38-39-33(47-32)46-17-19-8-2-5-11-24(19)37)34(27)22-9-3-6-12-25(22)40(31(34)44)16-18-7-1-4-10-23(18)36/h1-15H,16-17H2. The van der Waals surface area contributed by atoms with E-state index in [0.29, 0.717) is 15.6 Å². The summed E-state index contributed by atoms with van der Waals surface area (Å²) in [5, 5.41) is 8.28. The van der Waals surface area contributed by atoms with Crippen LogP contribution in [0, 0.1) is 17.5 Å². The summed E-state index contributed by atoms with van der Waals surface area (Å²) in [5.74, 6) is -3.38. The van der Waals surface area contributed by atoms with Gasteiger partial charge in [-0.3, -0.25) is 19.3 Å². The fourth-order valence-corrected chi connectivity index (χ4v) is 8.07. The van der Waals surface area contributed by atoms with Gasteiger partial charge in [0.25, 0.3) is 11.8 Å². The summed E-state index contributed by atoms with van der Waals surface area (Å²) in [6, 6.07) is 22.2. The fraction of sp³-hybridized carbons (Fsp3) is 0.0882. The lowest BCUT2D eigenvalue weighted by molar-refractivity contribution is -0.121. The van der Waals surface area contributed by atoms with Crippen molar-refractivity contribution in [3.8, 4) is 0 Å². The molecule has 47 heavy (non-hydrogen) atoms. The van der Waals surface area contributed by atoms with Gasteiger partial charge in [0.05, 0.1) is 23.2 Å². The third-order valence-corrected chi connectivity index (χ3v) is 10.4. The van der Waals surface area contributed by atoms with Crippen molar-refractivity contribution in [3.63, 3.8) is 0 Å². The molecule has 4 heterocycles. The molecule has 8 rings (SSSR count). The summed E-state index contributed by atoms with van der Waals surface area (Å²) in [6.45, 7) is -0.213. The molecule has 0 bridgehead atoms. The van der Waals surface area contributed by atoms with Gasteiger partial charge >= 0.3 is 0 Å². The number of para-hydroxylation sites is 1. The maximum Gasteiger partial charge on any atom is 0.297 e. The minimum Gasteiger partial charge on any atom is -0.450 e. The molecular weight excluding hydrogens is 650 g/mol. The number of amides is 2. The molecule has 0 aliphatic carbocycles. The monoisotopic (exact) mass is 668 g/mol. The highest BCUT2D eigenvalue weighted by molar-refractivity contribution is 8.00. The number of nitrogens with zero attached hydrogens (tertiary/aromatic N) is 4. The van der Waals surface area contributed by atoms with Crippen molar-refractivity contribution in [2.45, 2.75) is 22.2 Å². The molecule has 6 aromatic rings. The third kappa shape index (κ3) is 4.33. The second-order valence-electron chi connectivity index (χ2n) is 10.9. The Balaban J connectivity index is 1.33. The maximum atomic E-state index is 15.0. The predicted octanol–water partition coefficient (Wildman–Crippen LogP) is 6.80. The van der Waals surface area contributed by atoms with Crippen molar-refractivity contribution in [1.82, 2.24) is 10.2 Å². The molecule has 0 saturated carbocycles. The van der Waals surface area contributed by atoms with E-state index < -0.39 is 40.2 Å². The lowest BCUT2D eigenvalue weighted by Gasteiger charge is -2.32. The van der Waals surface area contributed by atoms with Crippen molar-refractivity contribution < 1.29 is 27.2 Å². The third-order valence-electron chi connectivity index (χ3n) is 8.27. The Bertz CT molecular complexity index is 2340. The van der Waals surface area contributed by atoms with Crippen LogP contribution in [0.25, 0.3) is 11.0 Å². The maximum absolute atomic E-state index is 15.0. The van der Waals surface area contributed by atoms with Crippen LogP contribution in [0.3, 0.4) is 0 Å². The summed E-state index contributed by atoms with van der Waals surface area (Å²) in [6.07, 6.45) is 0. The number of halogens is 3. The number of aromatic nitrogens is 2. The van der Waals surface area contributed by atoms with Crippen molar-refractivity contribution in [3.05, 3.63) is 147 Å². The number of rotatable bonds is 6. The molecule has 1 atom stereocenters. The Labute approximate surface area is 272 Å². The van der Waals surface area contributed by atoms with Gasteiger partial charge in [-0.1, -0.05) is 77.7 Å². The Morgan fingerprint density at radius 2 is 1.53 bits per heavy atom. The average Bonchev–Trinajstić information content (AvgIpc) is 3.71. The van der Waals surface area contributed by atoms with Crippen LogP contribution in [0.1, 0.15) is 32.8 Å². The predicted molar refractivity (Wildman–Crippen MR) is 170 cm³/mol. The van der Waals surface area contributed by atoms with Crippen LogP contribution in [0.4, 0.5) is 24.0 Å². The van der Waals surface area contributed by atoms with Crippen molar-refractivity contribution in [2.24, 2.45) is 0 Å². The van der Waals surface area contributed by atoms with Gasteiger partial charge in [0, 0.05) is 16.9 Å². The van der Waals surface area contributed by atoms with E-state index in [0.717, 1.165) is 28.4 Å². The SMILES string of the molecule is O=C1c2oc3ccc(F)cc3c(=O)c2C2(C(=O)N(Cc3ccccc3F)c3ccccc32)N1c1nnc(SCc2ccccc2F)s1. The Morgan fingerprint density at radius 1 is 0.830 bits per heavy atom. The van der Waals surface area contributed by atoms with Gasteiger partial charge in [-0.25, -0.2) is 13.2 Å². The van der Waals surface area contributed by atoms with Gasteiger partial charge in [0.1, 0.15) is 23.0 Å². The van der Waals surface area contributed by atoms with Crippen molar-refractivity contribution in [1.29, 1.82) is 0 Å². The first-order chi connectivity index (χ1) is 22.8. The van der Waals surface area contributed by atoms with Crippen LogP contribution in [0.5, 0.6) is 0 Å². The fourth-order valence-electron chi connectivity index (χ4n) is 6.20. The molecule has 13 heteroatoms. The summed E-state index contributed by atoms with van der Waals surface area (Å²) in [7, 11) is 0. The molecule has 2 aliphatic rings. The van der Waals surface area contributed by atoms with Crippen LogP contribution in [0.15, 0.2) is 105 Å². The van der Waals surface area contributed by atoms with Crippen LogP contribution >= 0.6 is 23.1 Å². The number of hydrogen-bond donors (Lipinski definition) is 0. The summed E-state index contributed by atoms with van der Waals surface area (Å²) in [5.41, 5.74) is -2.01. The molecule has 0 radical (unpaired) electrons. The molecule has 2 amide bonds. The normalized spacial score (nSPS) is 16.8. The second-order valence-corrected chi connectivity index (χ2v) is 13.0. The first kappa shape index (κ1) is 29.2.